The highest BCUT2D eigenvalue weighted by Gasteiger charge is 2.18. The molecular weight excluding hydrogens is 1020 g/mol. The van der Waals surface area contributed by atoms with Crippen LogP contribution in [0.3, 0.4) is 0 Å². The Morgan fingerprint density at radius 3 is 0.940 bits per heavy atom. The van der Waals surface area contributed by atoms with Gasteiger partial charge >= 0.3 is 5.97 Å². The van der Waals surface area contributed by atoms with E-state index in [1.165, 1.54) is 308 Å². The summed E-state index contributed by atoms with van der Waals surface area (Å²) in [6.45, 7) is 4.90. The number of carbonyl (C=O) groups excluding carboxylic acids is 2. The zero-order chi connectivity index (χ0) is 59.9. The van der Waals surface area contributed by atoms with Gasteiger partial charge in [-0.25, -0.2) is 0 Å². The van der Waals surface area contributed by atoms with Crippen LogP contribution in [0.1, 0.15) is 393 Å². The van der Waals surface area contributed by atoms with E-state index in [0.29, 0.717) is 19.4 Å². The second-order valence-corrected chi connectivity index (χ2v) is 25.3. The van der Waals surface area contributed by atoms with Crippen LogP contribution in [0.15, 0.2) is 60.8 Å². The number of allylic oxidation sites excluding steroid dienone is 9. The number of hydrogen-bond donors (Lipinski definition) is 3. The number of carbonyl (C=O) groups is 2. The molecule has 83 heavy (non-hydrogen) atoms. The SMILES string of the molecule is CCCCC/C=C\C/C=C\CCCCCCCCCC(=O)OCCCCCCCCCCC/C=C\C/C=C\CCCCCCCCCCCC(=O)NC(CO)C(O)/C=C/CCCCCCCCCCCCCCCCCCCCCCCC. The smallest absolute Gasteiger partial charge is 0.305 e. The topological polar surface area (TPSA) is 95.9 Å². The Bertz CT molecular complexity index is 1430. The normalized spacial score (nSPS) is 12.9. The highest BCUT2D eigenvalue weighted by atomic mass is 16.5. The van der Waals surface area contributed by atoms with Gasteiger partial charge in [0.25, 0.3) is 0 Å². The molecule has 0 spiro atoms. The van der Waals surface area contributed by atoms with Gasteiger partial charge in [0.2, 0.25) is 5.91 Å². The third kappa shape index (κ3) is 68.5. The van der Waals surface area contributed by atoms with Crippen molar-refractivity contribution in [2.45, 2.75) is 405 Å². The minimum absolute atomic E-state index is 0.000919. The zero-order valence-electron chi connectivity index (χ0n) is 55.7. The van der Waals surface area contributed by atoms with E-state index < -0.39 is 12.1 Å². The molecule has 486 valence electrons. The molecule has 0 aromatic rings. The Labute approximate surface area is 518 Å². The highest BCUT2D eigenvalue weighted by Crippen LogP contribution is 2.18. The number of aliphatic hydroxyl groups excluding tert-OH is 2. The number of unbranched alkanes of at least 4 members (excludes halogenated alkanes) is 50. The van der Waals surface area contributed by atoms with Gasteiger partial charge in [0.1, 0.15) is 0 Å². The Morgan fingerprint density at radius 1 is 0.337 bits per heavy atom. The minimum atomic E-state index is -0.852. The summed E-state index contributed by atoms with van der Waals surface area (Å²) in [6.07, 6.45) is 95.9. The first kappa shape index (κ1) is 80.6. The molecule has 0 radical (unpaired) electrons. The second kappa shape index (κ2) is 72.0. The van der Waals surface area contributed by atoms with Crippen molar-refractivity contribution in [3.05, 3.63) is 60.8 Å². The monoisotopic (exact) mass is 1160 g/mol. The van der Waals surface area contributed by atoms with Crippen LogP contribution in [0.5, 0.6) is 0 Å². The van der Waals surface area contributed by atoms with Crippen molar-refractivity contribution in [2.24, 2.45) is 0 Å². The second-order valence-electron chi connectivity index (χ2n) is 25.3. The molecule has 6 nitrogen and oxygen atoms in total. The van der Waals surface area contributed by atoms with Crippen molar-refractivity contribution < 1.29 is 24.5 Å². The number of aliphatic hydroxyl groups is 2. The number of esters is 1. The Hall–Kier alpha value is -2.44. The van der Waals surface area contributed by atoms with E-state index in [1.807, 2.05) is 6.08 Å². The van der Waals surface area contributed by atoms with Crippen LogP contribution in [0.4, 0.5) is 0 Å². The van der Waals surface area contributed by atoms with Crippen molar-refractivity contribution in [1.82, 2.24) is 5.32 Å². The third-order valence-electron chi connectivity index (χ3n) is 17.0. The van der Waals surface area contributed by atoms with E-state index in [1.54, 1.807) is 6.08 Å². The van der Waals surface area contributed by atoms with Crippen LogP contribution in [-0.4, -0.2) is 47.4 Å². The maximum absolute atomic E-state index is 12.5. The average Bonchev–Trinajstić information content (AvgIpc) is 3.48. The highest BCUT2D eigenvalue weighted by molar-refractivity contribution is 5.76. The quantitative estimate of drug-likeness (QED) is 0.0320. The molecule has 0 saturated carbocycles. The van der Waals surface area contributed by atoms with E-state index in [-0.39, 0.29) is 18.5 Å². The summed E-state index contributed by atoms with van der Waals surface area (Å²) in [4.78, 5) is 24.6. The van der Waals surface area contributed by atoms with Gasteiger partial charge in [0.05, 0.1) is 25.4 Å². The predicted octanol–water partition coefficient (Wildman–Crippen LogP) is 24.2. The fourth-order valence-corrected chi connectivity index (χ4v) is 11.3. The van der Waals surface area contributed by atoms with Crippen molar-refractivity contribution in [1.29, 1.82) is 0 Å². The summed E-state index contributed by atoms with van der Waals surface area (Å²) in [5.41, 5.74) is 0. The molecule has 0 fully saturated rings. The van der Waals surface area contributed by atoms with Crippen molar-refractivity contribution >= 4 is 11.9 Å². The molecule has 0 heterocycles. The lowest BCUT2D eigenvalue weighted by molar-refractivity contribution is -0.143. The Kier molecular flexibility index (Phi) is 69.9. The van der Waals surface area contributed by atoms with Gasteiger partial charge in [-0.1, -0.05) is 344 Å². The summed E-state index contributed by atoms with van der Waals surface area (Å²) >= 11 is 0. The van der Waals surface area contributed by atoms with E-state index in [0.717, 1.165) is 57.8 Å². The summed E-state index contributed by atoms with van der Waals surface area (Å²) in [6, 6.07) is -0.636. The summed E-state index contributed by atoms with van der Waals surface area (Å²) in [5, 5.41) is 23.3. The van der Waals surface area contributed by atoms with Gasteiger partial charge in [-0.2, -0.15) is 0 Å². The minimum Gasteiger partial charge on any atom is -0.466 e. The predicted molar refractivity (Wildman–Crippen MR) is 365 cm³/mol. The van der Waals surface area contributed by atoms with Crippen LogP contribution in [0, 0.1) is 0 Å². The van der Waals surface area contributed by atoms with Crippen molar-refractivity contribution in [3.63, 3.8) is 0 Å². The molecule has 0 aliphatic carbocycles. The van der Waals surface area contributed by atoms with E-state index >= 15 is 0 Å². The molecule has 0 bridgehead atoms. The lowest BCUT2D eigenvalue weighted by atomic mass is 10.0. The van der Waals surface area contributed by atoms with Crippen molar-refractivity contribution in [2.75, 3.05) is 13.2 Å². The summed E-state index contributed by atoms with van der Waals surface area (Å²) in [7, 11) is 0. The fraction of sp³-hybridized carbons (Fsp3) is 0.844. The number of ether oxygens (including phenoxy) is 1. The number of rotatable bonds is 69. The number of amides is 1. The van der Waals surface area contributed by atoms with E-state index in [9.17, 15) is 19.8 Å². The molecule has 2 unspecified atom stereocenters. The zero-order valence-corrected chi connectivity index (χ0v) is 55.7. The molecule has 6 heteroatoms. The maximum atomic E-state index is 12.5. The van der Waals surface area contributed by atoms with Crippen molar-refractivity contribution in [3.8, 4) is 0 Å². The standard InChI is InChI=1S/C77H143NO5/c1-3-5-7-9-11-13-15-17-19-21-22-23-24-28-31-34-38-41-45-49-53-57-61-65-69-75(80)74(73-79)78-76(81)70-66-62-58-54-50-46-42-39-35-32-29-26-25-27-30-33-36-40-44-48-52-56-60-64-68-72-83-77(82)71-67-63-59-55-51-47-43-37-20-18-16-14-12-10-8-6-4-2/h12,14,18,20,26-27,29-30,65,69,74-75,79-80H,3-11,13,15-17,19,21-25,28,31-64,66-68,70-73H2,1-2H3,(H,78,81)/b14-12-,20-18-,29-26-,30-27-,69-65+. The van der Waals surface area contributed by atoms with Gasteiger partial charge in [0.15, 0.2) is 0 Å². The van der Waals surface area contributed by atoms with Crippen LogP contribution in [0.2, 0.25) is 0 Å². The first-order valence-electron chi connectivity index (χ1n) is 37.1. The Balaban J connectivity index is 3.46. The fourth-order valence-electron chi connectivity index (χ4n) is 11.3. The average molecular weight is 1160 g/mol. The molecule has 2 atom stereocenters. The maximum Gasteiger partial charge on any atom is 0.305 e. The van der Waals surface area contributed by atoms with Crippen LogP contribution < -0.4 is 5.32 Å². The third-order valence-corrected chi connectivity index (χ3v) is 17.0. The number of hydrogen-bond acceptors (Lipinski definition) is 5. The molecule has 0 saturated heterocycles. The summed E-state index contributed by atoms with van der Waals surface area (Å²) in [5.74, 6) is -0.0700. The molecule has 0 aromatic carbocycles. The first-order valence-corrected chi connectivity index (χ1v) is 37.1. The molecule has 3 N–H and O–H groups in total. The van der Waals surface area contributed by atoms with E-state index in [2.05, 4.69) is 67.8 Å². The van der Waals surface area contributed by atoms with Gasteiger partial charge in [-0.3, -0.25) is 9.59 Å². The number of nitrogens with one attached hydrogen (secondary N) is 1. The van der Waals surface area contributed by atoms with Crippen LogP contribution in [0.25, 0.3) is 0 Å². The van der Waals surface area contributed by atoms with Crippen LogP contribution in [-0.2, 0) is 14.3 Å². The van der Waals surface area contributed by atoms with E-state index in [4.69, 9.17) is 4.74 Å². The van der Waals surface area contributed by atoms with Gasteiger partial charge in [-0.15, -0.1) is 0 Å². The first-order chi connectivity index (χ1) is 41.0. The molecule has 0 aromatic heterocycles. The van der Waals surface area contributed by atoms with Gasteiger partial charge in [0, 0.05) is 12.8 Å². The molecule has 1 amide bonds. The van der Waals surface area contributed by atoms with Crippen LogP contribution >= 0.6 is 0 Å². The molecular formula is C77H143NO5. The summed E-state index contributed by atoms with van der Waals surface area (Å²) < 4.78 is 5.49. The molecule has 0 aliphatic heterocycles. The van der Waals surface area contributed by atoms with Gasteiger partial charge < -0.3 is 20.3 Å². The molecule has 0 rings (SSSR count). The lowest BCUT2D eigenvalue weighted by Gasteiger charge is -2.20. The lowest BCUT2D eigenvalue weighted by Crippen LogP contribution is -2.45. The van der Waals surface area contributed by atoms with Gasteiger partial charge in [-0.05, 0) is 96.3 Å². The largest absolute Gasteiger partial charge is 0.466 e. The Morgan fingerprint density at radius 2 is 0.602 bits per heavy atom. The molecule has 0 aliphatic rings.